The first kappa shape index (κ1) is 16.3. The highest BCUT2D eigenvalue weighted by Gasteiger charge is 2.57. The van der Waals surface area contributed by atoms with Gasteiger partial charge in [0.1, 0.15) is 0 Å². The summed E-state index contributed by atoms with van der Waals surface area (Å²) in [6.07, 6.45) is 7.41. The summed E-state index contributed by atoms with van der Waals surface area (Å²) in [6, 6.07) is 0. The van der Waals surface area contributed by atoms with Gasteiger partial charge in [-0.2, -0.15) is 0 Å². The van der Waals surface area contributed by atoms with Gasteiger partial charge in [-0.05, 0) is 75.0 Å². The molecule has 0 spiro atoms. The molecule has 2 aliphatic carbocycles. The highest BCUT2D eigenvalue weighted by atomic mass is 16.3. The summed E-state index contributed by atoms with van der Waals surface area (Å²) in [5.41, 5.74) is 0.0680. The van der Waals surface area contributed by atoms with E-state index in [1.807, 2.05) is 13.8 Å². The van der Waals surface area contributed by atoms with Crippen molar-refractivity contribution < 1.29 is 10.2 Å². The Hall–Kier alpha value is -0.0800. The smallest absolute Gasteiger partial charge is 0.0653 e. The summed E-state index contributed by atoms with van der Waals surface area (Å²) in [5.74, 6) is 1.03. The second-order valence-electron chi connectivity index (χ2n) is 8.78. The first-order valence-electron chi connectivity index (χ1n) is 8.50. The van der Waals surface area contributed by atoms with Crippen molar-refractivity contribution >= 4 is 0 Å². The van der Waals surface area contributed by atoms with Gasteiger partial charge in [0.2, 0.25) is 0 Å². The number of fused-ring (bicyclic) bond motifs is 1. The zero-order valence-electron chi connectivity index (χ0n) is 14.1. The Kier molecular flexibility index (Phi) is 4.30. The normalized spacial score (nSPS) is 45.8. The Morgan fingerprint density at radius 2 is 1.75 bits per heavy atom. The molecule has 2 rings (SSSR count). The summed E-state index contributed by atoms with van der Waals surface area (Å²) in [5, 5.41) is 20.6. The molecule has 118 valence electrons. The standard InChI is InChI=1S/C18H34O2/c1-13(19)7-8-15-17(4)11-6-10-16(2,3)14(17)9-12-18(15,5)20/h13-15,19-20H,6-12H2,1-5H3/t13-,14-,15+,17-,18+/m0/s1. The van der Waals surface area contributed by atoms with Crippen molar-refractivity contribution in [3.05, 3.63) is 0 Å². The highest BCUT2D eigenvalue weighted by molar-refractivity contribution is 5.07. The van der Waals surface area contributed by atoms with Crippen molar-refractivity contribution in [1.82, 2.24) is 0 Å². The minimum absolute atomic E-state index is 0.235. The number of aliphatic hydroxyl groups is 2. The first-order valence-corrected chi connectivity index (χ1v) is 8.50. The monoisotopic (exact) mass is 282 g/mol. The fourth-order valence-corrected chi connectivity index (χ4v) is 5.67. The summed E-state index contributed by atoms with van der Waals surface area (Å²) in [6.45, 7) is 11.1. The molecule has 0 aromatic carbocycles. The molecule has 20 heavy (non-hydrogen) atoms. The fraction of sp³-hybridized carbons (Fsp3) is 1.00. The van der Waals surface area contributed by atoms with Crippen molar-refractivity contribution in [2.24, 2.45) is 22.7 Å². The molecule has 0 radical (unpaired) electrons. The molecule has 2 aliphatic rings. The van der Waals surface area contributed by atoms with E-state index in [2.05, 4.69) is 20.8 Å². The van der Waals surface area contributed by atoms with Crippen LogP contribution in [0.4, 0.5) is 0 Å². The number of hydrogen-bond acceptors (Lipinski definition) is 2. The van der Waals surface area contributed by atoms with E-state index < -0.39 is 5.60 Å². The van der Waals surface area contributed by atoms with Crippen LogP contribution in [0.15, 0.2) is 0 Å². The molecular weight excluding hydrogens is 248 g/mol. The van der Waals surface area contributed by atoms with Gasteiger partial charge in [0, 0.05) is 0 Å². The summed E-state index contributed by atoms with van der Waals surface area (Å²) in [4.78, 5) is 0. The van der Waals surface area contributed by atoms with Crippen LogP contribution in [0, 0.1) is 22.7 Å². The van der Waals surface area contributed by atoms with Crippen molar-refractivity contribution in [2.45, 2.75) is 91.3 Å². The van der Waals surface area contributed by atoms with E-state index in [-0.39, 0.29) is 11.5 Å². The van der Waals surface area contributed by atoms with Gasteiger partial charge in [-0.1, -0.05) is 27.2 Å². The summed E-state index contributed by atoms with van der Waals surface area (Å²) in [7, 11) is 0. The molecule has 0 heterocycles. The molecule has 2 N–H and O–H groups in total. The molecule has 0 aliphatic heterocycles. The van der Waals surface area contributed by atoms with E-state index in [0.29, 0.717) is 17.3 Å². The lowest BCUT2D eigenvalue weighted by molar-refractivity contribution is -0.170. The average molecular weight is 282 g/mol. The van der Waals surface area contributed by atoms with Gasteiger partial charge in [-0.15, -0.1) is 0 Å². The SMILES string of the molecule is C[C@H](O)CC[C@@H]1[C@@]2(C)CCCC(C)(C)[C@@H]2CC[C@@]1(C)O. The molecule has 0 amide bonds. The molecule has 2 saturated carbocycles. The third-order valence-electron chi connectivity index (χ3n) is 6.63. The molecule has 0 unspecified atom stereocenters. The topological polar surface area (TPSA) is 40.5 Å². The predicted octanol–water partition coefficient (Wildman–Crippen LogP) is 4.14. The first-order chi connectivity index (χ1) is 9.09. The maximum Gasteiger partial charge on any atom is 0.0653 e. The van der Waals surface area contributed by atoms with Crippen LogP contribution in [0.3, 0.4) is 0 Å². The number of hydrogen-bond donors (Lipinski definition) is 2. The minimum Gasteiger partial charge on any atom is -0.393 e. The molecule has 0 saturated heterocycles. The van der Waals surface area contributed by atoms with Crippen LogP contribution in [0.1, 0.15) is 79.6 Å². The van der Waals surface area contributed by atoms with E-state index in [1.54, 1.807) is 0 Å². The van der Waals surface area contributed by atoms with Crippen LogP contribution in [-0.4, -0.2) is 21.9 Å². The van der Waals surface area contributed by atoms with Gasteiger partial charge in [-0.3, -0.25) is 0 Å². The van der Waals surface area contributed by atoms with Crippen LogP contribution in [-0.2, 0) is 0 Å². The molecule has 0 aromatic rings. The van der Waals surface area contributed by atoms with Gasteiger partial charge in [0.25, 0.3) is 0 Å². The van der Waals surface area contributed by atoms with Gasteiger partial charge >= 0.3 is 0 Å². The van der Waals surface area contributed by atoms with E-state index in [9.17, 15) is 10.2 Å². The quantitative estimate of drug-likeness (QED) is 0.816. The second kappa shape index (κ2) is 5.28. The van der Waals surface area contributed by atoms with Gasteiger partial charge in [0.15, 0.2) is 0 Å². The van der Waals surface area contributed by atoms with E-state index in [0.717, 1.165) is 25.7 Å². The van der Waals surface area contributed by atoms with Crippen LogP contribution in [0.2, 0.25) is 0 Å². The molecule has 5 atom stereocenters. The van der Waals surface area contributed by atoms with Crippen LogP contribution in [0.25, 0.3) is 0 Å². The third-order valence-corrected chi connectivity index (χ3v) is 6.63. The molecule has 2 heteroatoms. The highest BCUT2D eigenvalue weighted by Crippen LogP contribution is 2.62. The van der Waals surface area contributed by atoms with Gasteiger partial charge in [0.05, 0.1) is 11.7 Å². The van der Waals surface area contributed by atoms with Crippen LogP contribution < -0.4 is 0 Å². The summed E-state index contributed by atoms with van der Waals surface area (Å²) >= 11 is 0. The minimum atomic E-state index is -0.562. The van der Waals surface area contributed by atoms with Crippen molar-refractivity contribution in [2.75, 3.05) is 0 Å². The maximum atomic E-state index is 10.9. The number of aliphatic hydroxyl groups excluding tert-OH is 1. The van der Waals surface area contributed by atoms with Crippen molar-refractivity contribution in [3.8, 4) is 0 Å². The molecule has 0 bridgehead atoms. The zero-order valence-corrected chi connectivity index (χ0v) is 14.1. The van der Waals surface area contributed by atoms with E-state index in [4.69, 9.17) is 0 Å². The Morgan fingerprint density at radius 3 is 2.35 bits per heavy atom. The van der Waals surface area contributed by atoms with Gasteiger partial charge in [-0.25, -0.2) is 0 Å². The van der Waals surface area contributed by atoms with Gasteiger partial charge < -0.3 is 10.2 Å². The van der Waals surface area contributed by atoms with Crippen molar-refractivity contribution in [1.29, 1.82) is 0 Å². The lowest BCUT2D eigenvalue weighted by Crippen LogP contribution is -2.57. The van der Waals surface area contributed by atoms with E-state index >= 15 is 0 Å². The maximum absolute atomic E-state index is 10.9. The Bertz CT molecular complexity index is 345. The zero-order chi connectivity index (χ0) is 15.2. The predicted molar refractivity (Wildman–Crippen MR) is 83.5 cm³/mol. The molecule has 2 fully saturated rings. The van der Waals surface area contributed by atoms with Crippen molar-refractivity contribution in [3.63, 3.8) is 0 Å². The third kappa shape index (κ3) is 2.78. The number of rotatable bonds is 3. The summed E-state index contributed by atoms with van der Waals surface area (Å²) < 4.78 is 0. The van der Waals surface area contributed by atoms with E-state index in [1.165, 1.54) is 19.3 Å². The lowest BCUT2D eigenvalue weighted by Gasteiger charge is -2.61. The van der Waals surface area contributed by atoms with Crippen LogP contribution in [0.5, 0.6) is 0 Å². The largest absolute Gasteiger partial charge is 0.393 e. The Morgan fingerprint density at radius 1 is 1.10 bits per heavy atom. The molecule has 2 nitrogen and oxygen atoms in total. The Labute approximate surface area is 125 Å². The second-order valence-corrected chi connectivity index (χ2v) is 8.78. The van der Waals surface area contributed by atoms with Crippen LogP contribution >= 0.6 is 0 Å². The average Bonchev–Trinajstić information content (AvgIpc) is 2.25. The lowest BCUT2D eigenvalue weighted by atomic mass is 9.45. The fourth-order valence-electron chi connectivity index (χ4n) is 5.67. The Balaban J connectivity index is 2.28. The molecular formula is C18H34O2. The molecule has 0 aromatic heterocycles.